The van der Waals surface area contributed by atoms with Crippen molar-refractivity contribution in [3.05, 3.63) is 46.4 Å². The molecule has 128 valence electrons. The van der Waals surface area contributed by atoms with Crippen LogP contribution < -0.4 is 9.47 Å². The van der Waals surface area contributed by atoms with Crippen molar-refractivity contribution in [3.8, 4) is 22.6 Å². The van der Waals surface area contributed by atoms with E-state index in [1.165, 1.54) is 0 Å². The Labute approximate surface area is 149 Å². The summed E-state index contributed by atoms with van der Waals surface area (Å²) in [5.74, 6) is 1.12. The van der Waals surface area contributed by atoms with Gasteiger partial charge in [-0.15, -0.1) is 0 Å². The molecule has 0 fully saturated rings. The number of hydrogen-bond donors (Lipinski definition) is 0. The minimum atomic E-state index is 0.0890. The molecule has 0 heterocycles. The first kappa shape index (κ1) is 18.4. The van der Waals surface area contributed by atoms with E-state index < -0.39 is 0 Å². The van der Waals surface area contributed by atoms with E-state index in [1.807, 2.05) is 30.3 Å². The maximum Gasteiger partial charge on any atom is 0.188 e. The lowest BCUT2D eigenvalue weighted by Crippen LogP contribution is -2.06. The van der Waals surface area contributed by atoms with Crippen LogP contribution in [0.1, 0.15) is 5.56 Å². The van der Waals surface area contributed by atoms with Crippen molar-refractivity contribution >= 4 is 22.2 Å². The van der Waals surface area contributed by atoms with E-state index >= 15 is 0 Å². The van der Waals surface area contributed by atoms with Gasteiger partial charge in [0.2, 0.25) is 0 Å². The summed E-state index contributed by atoms with van der Waals surface area (Å²) in [7, 11) is 3.09. The lowest BCUT2D eigenvalue weighted by Gasteiger charge is -2.19. The highest BCUT2D eigenvalue weighted by atomic mass is 79.9. The number of halogens is 1. The van der Waals surface area contributed by atoms with Gasteiger partial charge in [0.05, 0.1) is 4.47 Å². The molecule has 5 nitrogen and oxygen atoms in total. The number of carbonyl (C=O) groups excluding carboxylic acids is 1. The van der Waals surface area contributed by atoms with Gasteiger partial charge in [-0.05, 0) is 27.1 Å². The largest absolute Gasteiger partial charge is 0.467 e. The van der Waals surface area contributed by atoms with E-state index in [2.05, 4.69) is 15.9 Å². The van der Waals surface area contributed by atoms with Gasteiger partial charge in [-0.3, -0.25) is 0 Å². The summed E-state index contributed by atoms with van der Waals surface area (Å²) < 4.78 is 22.0. The number of carbonyl (C=O) groups is 1. The van der Waals surface area contributed by atoms with Crippen LogP contribution in [0.3, 0.4) is 0 Å². The van der Waals surface area contributed by atoms with Crippen molar-refractivity contribution in [3.63, 3.8) is 0 Å². The highest BCUT2D eigenvalue weighted by Gasteiger charge is 2.20. The van der Waals surface area contributed by atoms with Crippen molar-refractivity contribution in [2.75, 3.05) is 27.8 Å². The monoisotopic (exact) mass is 394 g/mol. The summed E-state index contributed by atoms with van der Waals surface area (Å²) >= 11 is 3.54. The first-order valence-electron chi connectivity index (χ1n) is 7.30. The van der Waals surface area contributed by atoms with Crippen LogP contribution in [-0.2, 0) is 20.7 Å². The second-order valence-electron chi connectivity index (χ2n) is 4.88. The zero-order valence-electron chi connectivity index (χ0n) is 13.6. The van der Waals surface area contributed by atoms with Crippen LogP contribution in [0.25, 0.3) is 11.1 Å². The molecule has 0 saturated heterocycles. The van der Waals surface area contributed by atoms with Gasteiger partial charge in [0.25, 0.3) is 0 Å². The molecule has 0 atom stereocenters. The third kappa shape index (κ3) is 4.35. The lowest BCUT2D eigenvalue weighted by atomic mass is 9.96. The zero-order chi connectivity index (χ0) is 17.4. The fourth-order valence-corrected chi connectivity index (χ4v) is 2.91. The van der Waals surface area contributed by atoms with Gasteiger partial charge in [-0.25, -0.2) is 0 Å². The molecule has 0 spiro atoms. The molecule has 0 aliphatic rings. The van der Waals surface area contributed by atoms with Crippen LogP contribution in [0.5, 0.6) is 11.5 Å². The standard InChI is InChI=1S/C18H19BrO5/c1-21-11-23-15-10-16(24-12-22-2)18(19)14(8-9-20)17(15)13-6-4-3-5-7-13/h3-7,9-10H,8,11-12H2,1-2H3. The predicted octanol–water partition coefficient (Wildman–Crippen LogP) is 3.82. The molecule has 0 aromatic heterocycles. The minimum Gasteiger partial charge on any atom is -0.467 e. The molecule has 2 rings (SSSR count). The topological polar surface area (TPSA) is 54.0 Å². The van der Waals surface area contributed by atoms with E-state index in [0.717, 1.165) is 23.0 Å². The third-order valence-electron chi connectivity index (χ3n) is 3.31. The summed E-state index contributed by atoms with van der Waals surface area (Å²) in [6, 6.07) is 11.5. The van der Waals surface area contributed by atoms with E-state index in [4.69, 9.17) is 18.9 Å². The van der Waals surface area contributed by atoms with Crippen LogP contribution in [0, 0.1) is 0 Å². The Morgan fingerprint density at radius 2 is 1.62 bits per heavy atom. The first-order chi connectivity index (χ1) is 11.7. The number of ether oxygens (including phenoxy) is 4. The summed E-state index contributed by atoms with van der Waals surface area (Å²) in [6.45, 7) is 0.180. The number of aldehydes is 1. The van der Waals surface area contributed by atoms with E-state index in [1.54, 1.807) is 20.3 Å². The van der Waals surface area contributed by atoms with Crippen LogP contribution in [0.2, 0.25) is 0 Å². The maximum absolute atomic E-state index is 11.2. The van der Waals surface area contributed by atoms with Gasteiger partial charge in [0, 0.05) is 32.3 Å². The van der Waals surface area contributed by atoms with Crippen molar-refractivity contribution in [2.24, 2.45) is 0 Å². The second-order valence-corrected chi connectivity index (χ2v) is 5.67. The van der Waals surface area contributed by atoms with Crippen LogP contribution in [0.4, 0.5) is 0 Å². The maximum atomic E-state index is 11.2. The fraction of sp³-hybridized carbons (Fsp3) is 0.278. The molecular weight excluding hydrogens is 376 g/mol. The van der Waals surface area contributed by atoms with Gasteiger partial charge < -0.3 is 23.7 Å². The molecule has 0 aliphatic carbocycles. The molecule has 2 aromatic rings. The second kappa shape index (κ2) is 9.42. The SMILES string of the molecule is COCOc1cc(OCOC)c(-c2ccccc2)c(CC=O)c1Br. The molecular formula is C18H19BrO5. The Morgan fingerprint density at radius 1 is 1.00 bits per heavy atom. The smallest absolute Gasteiger partial charge is 0.188 e. The van der Waals surface area contributed by atoms with Crippen LogP contribution in [0.15, 0.2) is 40.9 Å². The lowest BCUT2D eigenvalue weighted by molar-refractivity contribution is -0.107. The number of hydrogen-bond acceptors (Lipinski definition) is 5. The molecule has 0 aliphatic heterocycles. The zero-order valence-corrected chi connectivity index (χ0v) is 15.2. The fourth-order valence-electron chi connectivity index (χ4n) is 2.32. The number of rotatable bonds is 9. The number of methoxy groups -OCH3 is 2. The molecule has 0 bridgehead atoms. The van der Waals surface area contributed by atoms with Crippen LogP contribution in [-0.4, -0.2) is 34.1 Å². The molecule has 24 heavy (non-hydrogen) atoms. The van der Waals surface area contributed by atoms with Crippen molar-refractivity contribution in [2.45, 2.75) is 6.42 Å². The van der Waals surface area contributed by atoms with Gasteiger partial charge in [0.1, 0.15) is 17.8 Å². The summed E-state index contributed by atoms with van der Waals surface area (Å²) in [6.07, 6.45) is 1.07. The predicted molar refractivity (Wildman–Crippen MR) is 94.4 cm³/mol. The van der Waals surface area contributed by atoms with E-state index in [0.29, 0.717) is 16.0 Å². The Bertz CT molecular complexity index is 673. The Kier molecular flexibility index (Phi) is 7.24. The summed E-state index contributed by atoms with van der Waals surface area (Å²) in [4.78, 5) is 11.2. The average Bonchev–Trinajstić information content (AvgIpc) is 2.61. The van der Waals surface area contributed by atoms with Gasteiger partial charge >= 0.3 is 0 Å². The molecule has 0 radical (unpaired) electrons. The van der Waals surface area contributed by atoms with Crippen molar-refractivity contribution in [1.29, 1.82) is 0 Å². The van der Waals surface area contributed by atoms with Crippen molar-refractivity contribution in [1.82, 2.24) is 0 Å². The molecule has 0 amide bonds. The molecule has 0 saturated carbocycles. The normalized spacial score (nSPS) is 10.5. The van der Waals surface area contributed by atoms with E-state index in [-0.39, 0.29) is 20.0 Å². The Morgan fingerprint density at radius 3 is 2.21 bits per heavy atom. The highest BCUT2D eigenvalue weighted by molar-refractivity contribution is 9.10. The number of benzene rings is 2. The highest BCUT2D eigenvalue weighted by Crippen LogP contribution is 2.43. The van der Waals surface area contributed by atoms with E-state index in [9.17, 15) is 4.79 Å². The minimum absolute atomic E-state index is 0.0890. The first-order valence-corrected chi connectivity index (χ1v) is 8.10. The quantitative estimate of drug-likeness (QED) is 0.477. The molecule has 0 unspecified atom stereocenters. The van der Waals surface area contributed by atoms with Gasteiger partial charge in [-0.2, -0.15) is 0 Å². The third-order valence-corrected chi connectivity index (χ3v) is 4.18. The average molecular weight is 395 g/mol. The summed E-state index contributed by atoms with van der Waals surface area (Å²) in [5, 5.41) is 0. The van der Waals surface area contributed by atoms with Crippen molar-refractivity contribution < 1.29 is 23.7 Å². The van der Waals surface area contributed by atoms with Gasteiger partial charge in [-0.1, -0.05) is 30.3 Å². The molecule has 0 N–H and O–H groups in total. The summed E-state index contributed by atoms with van der Waals surface area (Å²) in [5.41, 5.74) is 2.56. The Hall–Kier alpha value is -1.89. The molecule has 2 aromatic carbocycles. The molecule has 6 heteroatoms. The van der Waals surface area contributed by atoms with Gasteiger partial charge in [0.15, 0.2) is 13.6 Å². The Balaban J connectivity index is 2.63. The van der Waals surface area contributed by atoms with Crippen LogP contribution >= 0.6 is 15.9 Å².